The second-order valence-electron chi connectivity index (χ2n) is 6.99. The molecule has 0 aromatic heterocycles. The van der Waals surface area contributed by atoms with E-state index in [-0.39, 0.29) is 11.7 Å². The zero-order valence-electron chi connectivity index (χ0n) is 14.4. The first-order valence-electron chi connectivity index (χ1n) is 8.69. The summed E-state index contributed by atoms with van der Waals surface area (Å²) in [6, 6.07) is 15.9. The smallest absolute Gasteiger partial charge is 0.227 e. The summed E-state index contributed by atoms with van der Waals surface area (Å²) >= 11 is 0. The average molecular weight is 323 g/mol. The molecule has 126 valence electrons. The molecule has 1 aliphatic carbocycles. The highest BCUT2D eigenvalue weighted by atomic mass is 16.3. The lowest BCUT2D eigenvalue weighted by Crippen LogP contribution is -2.33. The number of hydrogen-bond donors (Lipinski definition) is 1. The summed E-state index contributed by atoms with van der Waals surface area (Å²) < 4.78 is 0. The Morgan fingerprint density at radius 2 is 1.62 bits per heavy atom. The molecule has 0 unspecified atom stereocenters. The van der Waals surface area contributed by atoms with Crippen LogP contribution < -0.4 is 0 Å². The third-order valence-electron chi connectivity index (χ3n) is 4.60. The van der Waals surface area contributed by atoms with E-state index >= 15 is 0 Å². The zero-order valence-corrected chi connectivity index (χ0v) is 14.4. The van der Waals surface area contributed by atoms with Gasteiger partial charge in [-0.1, -0.05) is 50.2 Å². The summed E-state index contributed by atoms with van der Waals surface area (Å²) in [7, 11) is 0. The molecule has 0 radical (unpaired) electrons. The Morgan fingerprint density at radius 1 is 1.04 bits per heavy atom. The van der Waals surface area contributed by atoms with Crippen LogP contribution >= 0.6 is 0 Å². The van der Waals surface area contributed by atoms with E-state index in [1.165, 1.54) is 11.1 Å². The van der Waals surface area contributed by atoms with Gasteiger partial charge in [0.05, 0.1) is 6.42 Å². The predicted octanol–water partition coefficient (Wildman–Crippen LogP) is 4.25. The summed E-state index contributed by atoms with van der Waals surface area (Å²) in [4.78, 5) is 14.7. The van der Waals surface area contributed by atoms with Gasteiger partial charge in [-0.2, -0.15) is 0 Å². The summed E-state index contributed by atoms with van der Waals surface area (Å²) in [5.74, 6) is 0.918. The van der Waals surface area contributed by atoms with Crippen molar-refractivity contribution in [3.63, 3.8) is 0 Å². The van der Waals surface area contributed by atoms with Gasteiger partial charge in [0.2, 0.25) is 5.91 Å². The van der Waals surface area contributed by atoms with Gasteiger partial charge < -0.3 is 10.0 Å². The van der Waals surface area contributed by atoms with Crippen LogP contribution in [0.2, 0.25) is 0 Å². The molecule has 3 heteroatoms. The van der Waals surface area contributed by atoms with Crippen molar-refractivity contribution in [3.8, 4) is 5.75 Å². The minimum Gasteiger partial charge on any atom is -0.508 e. The Kier molecular flexibility index (Phi) is 4.89. The number of amides is 1. The first-order chi connectivity index (χ1) is 11.5. The maximum absolute atomic E-state index is 12.7. The highest BCUT2D eigenvalue weighted by molar-refractivity contribution is 5.79. The number of phenols is 1. The molecule has 1 saturated carbocycles. The molecule has 2 aromatic carbocycles. The average Bonchev–Trinajstić information content (AvgIpc) is 3.40. The fraction of sp³-hybridized carbons (Fsp3) is 0.381. The van der Waals surface area contributed by atoms with Crippen molar-refractivity contribution in [1.82, 2.24) is 4.90 Å². The van der Waals surface area contributed by atoms with Crippen molar-refractivity contribution in [2.24, 2.45) is 0 Å². The van der Waals surface area contributed by atoms with Crippen molar-refractivity contribution >= 4 is 5.91 Å². The van der Waals surface area contributed by atoms with E-state index in [9.17, 15) is 9.90 Å². The van der Waals surface area contributed by atoms with Crippen molar-refractivity contribution in [3.05, 3.63) is 65.2 Å². The molecular formula is C21H25NO2. The molecule has 24 heavy (non-hydrogen) atoms. The van der Waals surface area contributed by atoms with Crippen LogP contribution in [0.5, 0.6) is 5.75 Å². The lowest BCUT2D eigenvalue weighted by atomic mass is 10.0. The number of carbonyl (C=O) groups is 1. The highest BCUT2D eigenvalue weighted by Gasteiger charge is 2.32. The molecule has 0 spiro atoms. The van der Waals surface area contributed by atoms with E-state index in [0.29, 0.717) is 24.9 Å². The lowest BCUT2D eigenvalue weighted by molar-refractivity contribution is -0.131. The second kappa shape index (κ2) is 7.08. The quantitative estimate of drug-likeness (QED) is 0.863. The van der Waals surface area contributed by atoms with Gasteiger partial charge in [-0.05, 0) is 47.6 Å². The number of nitrogens with zero attached hydrogens (tertiary/aromatic N) is 1. The Labute approximate surface area is 143 Å². The molecule has 1 amide bonds. The van der Waals surface area contributed by atoms with Gasteiger partial charge >= 0.3 is 0 Å². The van der Waals surface area contributed by atoms with E-state index in [4.69, 9.17) is 0 Å². The van der Waals surface area contributed by atoms with Gasteiger partial charge in [0.25, 0.3) is 0 Å². The largest absolute Gasteiger partial charge is 0.508 e. The third kappa shape index (κ3) is 4.16. The minimum absolute atomic E-state index is 0.163. The monoisotopic (exact) mass is 323 g/mol. The second-order valence-corrected chi connectivity index (χ2v) is 6.99. The maximum Gasteiger partial charge on any atom is 0.227 e. The van der Waals surface area contributed by atoms with Gasteiger partial charge in [0.1, 0.15) is 5.75 Å². The van der Waals surface area contributed by atoms with Gasteiger partial charge in [-0.3, -0.25) is 4.79 Å². The van der Waals surface area contributed by atoms with Gasteiger partial charge in [0.15, 0.2) is 0 Å². The molecule has 3 nitrogen and oxygen atoms in total. The molecule has 1 aliphatic rings. The van der Waals surface area contributed by atoms with Crippen LogP contribution in [0.1, 0.15) is 49.3 Å². The van der Waals surface area contributed by atoms with Crippen LogP contribution in [0, 0.1) is 0 Å². The van der Waals surface area contributed by atoms with Crippen LogP contribution in [0.3, 0.4) is 0 Å². The van der Waals surface area contributed by atoms with E-state index in [2.05, 4.69) is 38.1 Å². The Balaban J connectivity index is 1.68. The summed E-state index contributed by atoms with van der Waals surface area (Å²) in [5.41, 5.74) is 3.45. The molecule has 1 N–H and O–H groups in total. The van der Waals surface area contributed by atoms with E-state index in [1.807, 2.05) is 17.0 Å². The molecule has 2 aromatic rings. The predicted molar refractivity (Wildman–Crippen MR) is 95.9 cm³/mol. The van der Waals surface area contributed by atoms with Crippen LogP contribution in [-0.2, 0) is 17.8 Å². The number of carbonyl (C=O) groups excluding carboxylic acids is 1. The van der Waals surface area contributed by atoms with Crippen molar-refractivity contribution in [1.29, 1.82) is 0 Å². The standard InChI is InChI=1S/C21H25NO2/c1-15(2)18-7-3-17(4-8-18)14-22(19-9-10-19)21(24)13-16-5-11-20(23)12-6-16/h3-8,11-12,15,19,23H,9-10,13-14H2,1-2H3. The minimum atomic E-state index is 0.163. The molecule has 3 rings (SSSR count). The number of hydrogen-bond acceptors (Lipinski definition) is 2. The summed E-state index contributed by atoms with van der Waals surface area (Å²) in [6.07, 6.45) is 2.59. The summed E-state index contributed by atoms with van der Waals surface area (Å²) in [6.45, 7) is 5.05. The number of rotatable bonds is 6. The molecule has 0 atom stereocenters. The van der Waals surface area contributed by atoms with Crippen LogP contribution in [-0.4, -0.2) is 22.0 Å². The highest BCUT2D eigenvalue weighted by Crippen LogP contribution is 2.29. The molecule has 0 bridgehead atoms. The SMILES string of the molecule is CC(C)c1ccc(CN(C(=O)Cc2ccc(O)cc2)C2CC2)cc1. The van der Waals surface area contributed by atoms with E-state index in [1.54, 1.807) is 12.1 Å². The molecule has 0 aliphatic heterocycles. The van der Waals surface area contributed by atoms with Gasteiger partial charge in [-0.25, -0.2) is 0 Å². The third-order valence-corrected chi connectivity index (χ3v) is 4.60. The molecule has 0 heterocycles. The van der Waals surface area contributed by atoms with Crippen molar-refractivity contribution < 1.29 is 9.90 Å². The number of benzene rings is 2. The van der Waals surface area contributed by atoms with Crippen molar-refractivity contribution in [2.75, 3.05) is 0 Å². The number of aromatic hydroxyl groups is 1. The first-order valence-corrected chi connectivity index (χ1v) is 8.69. The Bertz CT molecular complexity index is 685. The van der Waals surface area contributed by atoms with E-state index in [0.717, 1.165) is 18.4 Å². The van der Waals surface area contributed by atoms with E-state index < -0.39 is 0 Å². The molecule has 0 saturated heterocycles. The lowest BCUT2D eigenvalue weighted by Gasteiger charge is -2.23. The fourth-order valence-electron chi connectivity index (χ4n) is 2.90. The van der Waals surface area contributed by atoms with Crippen molar-refractivity contribution in [2.45, 2.75) is 51.6 Å². The van der Waals surface area contributed by atoms with Crippen LogP contribution in [0.4, 0.5) is 0 Å². The van der Waals surface area contributed by atoms with Crippen LogP contribution in [0.25, 0.3) is 0 Å². The first kappa shape index (κ1) is 16.6. The maximum atomic E-state index is 12.7. The van der Waals surface area contributed by atoms with Gasteiger partial charge in [0, 0.05) is 12.6 Å². The normalized spacial score (nSPS) is 14.0. The fourth-order valence-corrected chi connectivity index (χ4v) is 2.90. The van der Waals surface area contributed by atoms with Crippen LogP contribution in [0.15, 0.2) is 48.5 Å². The van der Waals surface area contributed by atoms with Gasteiger partial charge in [-0.15, -0.1) is 0 Å². The topological polar surface area (TPSA) is 40.5 Å². The number of phenolic OH excluding ortho intramolecular Hbond substituents is 1. The zero-order chi connectivity index (χ0) is 17.1. The summed E-state index contributed by atoms with van der Waals surface area (Å²) in [5, 5.41) is 9.36. The molecular weight excluding hydrogens is 298 g/mol. The molecule has 1 fully saturated rings. The Hall–Kier alpha value is -2.29. The Morgan fingerprint density at radius 3 is 2.17 bits per heavy atom.